The largest absolute Gasteiger partial charge is 0.326 e. The number of fused-ring (bicyclic) bond motifs is 1. The predicted octanol–water partition coefficient (Wildman–Crippen LogP) is 4.26. The average molecular weight is 426 g/mol. The number of nitrogens with one attached hydrogen (secondary N) is 1. The Labute approximate surface area is 169 Å². The third kappa shape index (κ3) is 3.94. The molecule has 3 N–H and O–H groups in total. The van der Waals surface area contributed by atoms with E-state index >= 15 is 0 Å². The summed E-state index contributed by atoms with van der Waals surface area (Å²) in [7, 11) is -4.04. The van der Waals surface area contributed by atoms with Crippen molar-refractivity contribution >= 4 is 48.6 Å². The molecule has 1 aromatic heterocycles. The van der Waals surface area contributed by atoms with Gasteiger partial charge in [0.05, 0.1) is 15.5 Å². The zero-order chi connectivity index (χ0) is 20.6. The lowest BCUT2D eigenvalue weighted by atomic mass is 10.1. The van der Waals surface area contributed by atoms with E-state index in [0.29, 0.717) is 5.13 Å². The van der Waals surface area contributed by atoms with Gasteiger partial charge >= 0.3 is 0 Å². The molecule has 10 heteroatoms. The third-order valence-corrected chi connectivity index (χ3v) is 5.95. The number of benzene rings is 3. The highest BCUT2D eigenvalue weighted by Gasteiger charge is 2.20. The lowest BCUT2D eigenvalue weighted by Gasteiger charge is -2.06. The Balaban J connectivity index is 1.66. The van der Waals surface area contributed by atoms with Gasteiger partial charge in [-0.1, -0.05) is 36.4 Å². The van der Waals surface area contributed by atoms with Crippen molar-refractivity contribution in [3.8, 4) is 11.3 Å². The molecule has 0 aliphatic heterocycles. The van der Waals surface area contributed by atoms with E-state index in [1.807, 2.05) is 47.8 Å². The number of nitrogens with zero attached hydrogens (tertiary/aromatic N) is 2. The van der Waals surface area contributed by atoms with E-state index in [1.165, 1.54) is 23.5 Å². The van der Waals surface area contributed by atoms with Gasteiger partial charge in [0.1, 0.15) is 5.69 Å². The van der Waals surface area contributed by atoms with Gasteiger partial charge in [-0.2, -0.15) is 0 Å². The van der Waals surface area contributed by atoms with Crippen molar-refractivity contribution in [2.45, 2.75) is 4.90 Å². The number of hydrogen-bond acceptors (Lipinski definition) is 7. The van der Waals surface area contributed by atoms with E-state index in [2.05, 4.69) is 10.3 Å². The van der Waals surface area contributed by atoms with Crippen LogP contribution in [0.1, 0.15) is 0 Å². The fourth-order valence-corrected chi connectivity index (χ4v) is 4.14. The Morgan fingerprint density at radius 1 is 1.03 bits per heavy atom. The van der Waals surface area contributed by atoms with Crippen LogP contribution >= 0.6 is 11.3 Å². The predicted molar refractivity (Wildman–Crippen MR) is 113 cm³/mol. The van der Waals surface area contributed by atoms with Gasteiger partial charge in [0, 0.05) is 17.0 Å². The lowest BCUT2D eigenvalue weighted by Crippen LogP contribution is -2.12. The van der Waals surface area contributed by atoms with Crippen LogP contribution in [0.15, 0.2) is 70.9 Å². The Morgan fingerprint density at radius 3 is 2.52 bits per heavy atom. The molecule has 0 unspecified atom stereocenters. The number of hydrogen-bond donors (Lipinski definition) is 2. The van der Waals surface area contributed by atoms with Crippen molar-refractivity contribution in [3.05, 3.63) is 76.2 Å². The van der Waals surface area contributed by atoms with Crippen LogP contribution in [0.25, 0.3) is 22.0 Å². The number of primary sulfonamides is 1. The summed E-state index contributed by atoms with van der Waals surface area (Å²) in [5.41, 5.74) is 1.37. The second-order valence-corrected chi connectivity index (χ2v) is 8.63. The standard InChI is InChI=1S/C19H14N4O4S2/c20-29(26,27)15-7-8-16(18(10-15)23(24)25)21-19-22-17(11-28-19)14-6-5-12-3-1-2-4-13(12)9-14/h1-11H,(H,21,22)(H2,20,26,27). The van der Waals surface area contributed by atoms with Gasteiger partial charge in [-0.3, -0.25) is 10.1 Å². The average Bonchev–Trinajstić information content (AvgIpc) is 3.15. The minimum Gasteiger partial charge on any atom is -0.326 e. The van der Waals surface area contributed by atoms with E-state index in [1.54, 1.807) is 0 Å². The monoisotopic (exact) mass is 426 g/mol. The van der Waals surface area contributed by atoms with Crippen LogP contribution in [-0.4, -0.2) is 18.3 Å². The quantitative estimate of drug-likeness (QED) is 0.362. The molecule has 0 atom stereocenters. The highest BCUT2D eigenvalue weighted by molar-refractivity contribution is 7.89. The summed E-state index contributed by atoms with van der Waals surface area (Å²) in [6.07, 6.45) is 0. The second-order valence-electron chi connectivity index (χ2n) is 6.21. The number of nitro groups is 1. The van der Waals surface area contributed by atoms with E-state index in [-0.39, 0.29) is 10.6 Å². The Morgan fingerprint density at radius 2 is 1.79 bits per heavy atom. The molecule has 0 spiro atoms. The fourth-order valence-electron chi connectivity index (χ4n) is 2.87. The summed E-state index contributed by atoms with van der Waals surface area (Å²) in [6, 6.07) is 17.4. The van der Waals surface area contributed by atoms with Crippen molar-refractivity contribution in [2.24, 2.45) is 5.14 Å². The molecule has 146 valence electrons. The number of rotatable bonds is 5. The molecular formula is C19H14N4O4S2. The maximum Gasteiger partial charge on any atom is 0.294 e. The number of thiazole rings is 1. The van der Waals surface area contributed by atoms with Gasteiger partial charge in [0.25, 0.3) is 5.69 Å². The first-order chi connectivity index (χ1) is 13.8. The number of nitrogens with two attached hydrogens (primary N) is 1. The van der Waals surface area contributed by atoms with Crippen LogP contribution in [0.3, 0.4) is 0 Å². The maximum atomic E-state index is 11.5. The van der Waals surface area contributed by atoms with Gasteiger partial charge in [-0.15, -0.1) is 11.3 Å². The van der Waals surface area contributed by atoms with Gasteiger partial charge in [0.2, 0.25) is 10.0 Å². The van der Waals surface area contributed by atoms with Gasteiger partial charge in [-0.05, 0) is 29.0 Å². The molecule has 4 aromatic rings. The van der Waals surface area contributed by atoms with Crippen LogP contribution in [-0.2, 0) is 10.0 Å². The minimum atomic E-state index is -4.04. The highest BCUT2D eigenvalue weighted by atomic mass is 32.2. The van der Waals surface area contributed by atoms with Crippen molar-refractivity contribution in [2.75, 3.05) is 5.32 Å². The summed E-state index contributed by atoms with van der Waals surface area (Å²) >= 11 is 1.29. The van der Waals surface area contributed by atoms with Crippen LogP contribution < -0.4 is 10.5 Å². The molecule has 8 nitrogen and oxygen atoms in total. The Bertz CT molecular complexity index is 1350. The minimum absolute atomic E-state index is 0.127. The maximum absolute atomic E-state index is 11.5. The summed E-state index contributed by atoms with van der Waals surface area (Å²) in [5.74, 6) is 0. The van der Waals surface area contributed by atoms with Gasteiger partial charge in [-0.25, -0.2) is 18.5 Å². The molecular weight excluding hydrogens is 412 g/mol. The van der Waals surface area contributed by atoms with Crippen LogP contribution in [0, 0.1) is 10.1 Å². The Kier molecular flexibility index (Phi) is 4.74. The molecule has 0 aliphatic carbocycles. The number of nitro benzene ring substituents is 1. The SMILES string of the molecule is NS(=O)(=O)c1ccc(Nc2nc(-c3ccc4ccccc4c3)cs2)c([N+](=O)[O-])c1. The van der Waals surface area contributed by atoms with Crippen molar-refractivity contribution in [1.82, 2.24) is 4.98 Å². The summed E-state index contributed by atoms with van der Waals surface area (Å²) in [4.78, 5) is 14.9. The first-order valence-corrected chi connectivity index (χ1v) is 10.8. The molecule has 0 amide bonds. The van der Waals surface area contributed by atoms with Crippen LogP contribution in [0.4, 0.5) is 16.5 Å². The molecule has 1 heterocycles. The van der Waals surface area contributed by atoms with Crippen LogP contribution in [0.5, 0.6) is 0 Å². The van der Waals surface area contributed by atoms with Crippen molar-refractivity contribution in [3.63, 3.8) is 0 Å². The second kappa shape index (κ2) is 7.24. The first kappa shape index (κ1) is 19.0. The zero-order valence-electron chi connectivity index (χ0n) is 14.8. The molecule has 0 saturated heterocycles. The molecule has 29 heavy (non-hydrogen) atoms. The molecule has 0 fully saturated rings. The number of aromatic nitrogens is 1. The summed E-state index contributed by atoms with van der Waals surface area (Å²) in [5, 5.41) is 23.8. The molecule has 4 rings (SSSR count). The van der Waals surface area contributed by atoms with Gasteiger partial charge < -0.3 is 5.32 Å². The smallest absolute Gasteiger partial charge is 0.294 e. The van der Waals surface area contributed by atoms with Crippen LogP contribution in [0.2, 0.25) is 0 Å². The van der Waals surface area contributed by atoms with E-state index < -0.39 is 20.6 Å². The molecule has 3 aromatic carbocycles. The zero-order valence-corrected chi connectivity index (χ0v) is 16.4. The highest BCUT2D eigenvalue weighted by Crippen LogP contribution is 2.33. The number of anilines is 2. The van der Waals surface area contributed by atoms with Crippen molar-refractivity contribution in [1.29, 1.82) is 0 Å². The van der Waals surface area contributed by atoms with E-state index in [9.17, 15) is 18.5 Å². The molecule has 0 radical (unpaired) electrons. The fraction of sp³-hybridized carbons (Fsp3) is 0. The van der Waals surface area contributed by atoms with Gasteiger partial charge in [0.15, 0.2) is 5.13 Å². The van der Waals surface area contributed by atoms with Crippen molar-refractivity contribution < 1.29 is 13.3 Å². The summed E-state index contributed by atoms with van der Waals surface area (Å²) < 4.78 is 22.9. The van der Waals surface area contributed by atoms with E-state index in [4.69, 9.17) is 5.14 Å². The summed E-state index contributed by atoms with van der Waals surface area (Å²) in [6.45, 7) is 0. The number of sulfonamides is 1. The topological polar surface area (TPSA) is 128 Å². The molecule has 0 aliphatic rings. The Hall–Kier alpha value is -3.34. The molecule has 0 saturated carbocycles. The third-order valence-electron chi connectivity index (χ3n) is 4.29. The lowest BCUT2D eigenvalue weighted by molar-refractivity contribution is -0.384. The first-order valence-electron chi connectivity index (χ1n) is 8.34. The normalized spacial score (nSPS) is 11.5. The molecule has 0 bridgehead atoms. The van der Waals surface area contributed by atoms with E-state index in [0.717, 1.165) is 28.1 Å².